The Bertz CT molecular complexity index is 166. The molecule has 70 valence electrons. The fraction of sp³-hybridized carbons (Fsp3) is 0.875. The van der Waals surface area contributed by atoms with Gasteiger partial charge in [-0.1, -0.05) is 20.3 Å². The van der Waals surface area contributed by atoms with Gasteiger partial charge in [0, 0.05) is 6.42 Å². The van der Waals surface area contributed by atoms with Gasteiger partial charge in [-0.05, 0) is 16.9 Å². The van der Waals surface area contributed by atoms with E-state index in [2.05, 4.69) is 13.8 Å². The van der Waals surface area contributed by atoms with Gasteiger partial charge in [0.2, 0.25) is 6.16 Å². The molecule has 0 saturated carbocycles. The van der Waals surface area contributed by atoms with Crippen LogP contribution in [-0.4, -0.2) is 16.8 Å². The first-order valence-electron chi connectivity index (χ1n) is 4.17. The van der Waals surface area contributed by atoms with Crippen LogP contribution in [0.4, 0.5) is 0 Å². The lowest BCUT2D eigenvalue weighted by atomic mass is 10.1. The zero-order valence-corrected chi connectivity index (χ0v) is 8.51. The fourth-order valence-corrected chi connectivity index (χ4v) is 1.40. The molecule has 0 radical (unpaired) electrons. The monoisotopic (exact) mass is 191 g/mol. The van der Waals surface area contributed by atoms with E-state index in [9.17, 15) is 9.36 Å². The molecule has 0 aliphatic heterocycles. The Labute approximate surface area is 74.0 Å². The lowest BCUT2D eigenvalue weighted by Crippen LogP contribution is -2.01. The SMILES string of the molecule is CC(C)CCCC(=O)C[P+](=O)O. The van der Waals surface area contributed by atoms with E-state index < -0.39 is 8.03 Å². The second-order valence-electron chi connectivity index (χ2n) is 3.34. The van der Waals surface area contributed by atoms with Crippen LogP contribution in [0.5, 0.6) is 0 Å². The number of hydrogen-bond acceptors (Lipinski definition) is 2. The third kappa shape index (κ3) is 7.83. The smallest absolute Gasteiger partial charge is 0.295 e. The van der Waals surface area contributed by atoms with Crippen molar-refractivity contribution in [3.05, 3.63) is 0 Å². The zero-order valence-electron chi connectivity index (χ0n) is 7.62. The molecule has 0 aliphatic rings. The van der Waals surface area contributed by atoms with Crippen LogP contribution in [0.3, 0.4) is 0 Å². The summed E-state index contributed by atoms with van der Waals surface area (Å²) in [6.45, 7) is 4.19. The molecule has 0 saturated heterocycles. The van der Waals surface area contributed by atoms with E-state index in [0.717, 1.165) is 12.8 Å². The number of hydrogen-bond donors (Lipinski definition) is 1. The molecule has 0 aromatic rings. The molecule has 0 amide bonds. The molecule has 3 nitrogen and oxygen atoms in total. The molecule has 1 unspecified atom stereocenters. The number of carbonyl (C=O) groups is 1. The summed E-state index contributed by atoms with van der Waals surface area (Å²) in [5, 5.41) is 0. The van der Waals surface area contributed by atoms with Gasteiger partial charge in [-0.15, -0.1) is 0 Å². The molecular weight excluding hydrogens is 175 g/mol. The average Bonchev–Trinajstić information content (AvgIpc) is 1.84. The molecule has 0 rings (SSSR count). The van der Waals surface area contributed by atoms with Crippen molar-refractivity contribution in [3.63, 3.8) is 0 Å². The Morgan fingerprint density at radius 3 is 2.50 bits per heavy atom. The molecule has 0 spiro atoms. The normalized spacial score (nSPS) is 11.8. The van der Waals surface area contributed by atoms with Gasteiger partial charge in [0.05, 0.1) is 0 Å². The highest BCUT2D eigenvalue weighted by Gasteiger charge is 2.16. The van der Waals surface area contributed by atoms with Crippen molar-refractivity contribution in [2.45, 2.75) is 33.1 Å². The van der Waals surface area contributed by atoms with Gasteiger partial charge in [0.15, 0.2) is 5.78 Å². The number of ketones is 1. The van der Waals surface area contributed by atoms with Gasteiger partial charge in [-0.2, -0.15) is 4.89 Å². The predicted molar refractivity (Wildman–Crippen MR) is 48.4 cm³/mol. The highest BCUT2D eigenvalue weighted by atomic mass is 31.1. The van der Waals surface area contributed by atoms with Crippen LogP contribution in [-0.2, 0) is 9.36 Å². The first-order chi connectivity index (χ1) is 5.52. The van der Waals surface area contributed by atoms with Crippen molar-refractivity contribution in [1.82, 2.24) is 0 Å². The second-order valence-corrected chi connectivity index (χ2v) is 4.36. The predicted octanol–water partition coefficient (Wildman–Crippen LogP) is 2.12. The lowest BCUT2D eigenvalue weighted by Gasteiger charge is -2.00. The van der Waals surface area contributed by atoms with Crippen LogP contribution in [0.25, 0.3) is 0 Å². The quantitative estimate of drug-likeness (QED) is 0.654. The van der Waals surface area contributed by atoms with Gasteiger partial charge in [-0.3, -0.25) is 4.79 Å². The Morgan fingerprint density at radius 1 is 1.50 bits per heavy atom. The summed E-state index contributed by atoms with van der Waals surface area (Å²) < 4.78 is 10.2. The van der Waals surface area contributed by atoms with Crippen molar-refractivity contribution in [3.8, 4) is 0 Å². The molecule has 1 atom stereocenters. The van der Waals surface area contributed by atoms with Crippen LogP contribution >= 0.6 is 8.03 Å². The first kappa shape index (κ1) is 11.7. The van der Waals surface area contributed by atoms with E-state index in [-0.39, 0.29) is 11.9 Å². The lowest BCUT2D eigenvalue weighted by molar-refractivity contribution is -0.116. The molecule has 0 fully saturated rings. The van der Waals surface area contributed by atoms with Gasteiger partial charge in [0.1, 0.15) is 0 Å². The maximum atomic E-state index is 10.9. The molecule has 0 aliphatic carbocycles. The van der Waals surface area contributed by atoms with Gasteiger partial charge in [0.25, 0.3) is 0 Å². The molecule has 4 heteroatoms. The minimum atomic E-state index is -2.27. The standard InChI is InChI=1S/C8H15O3P/c1-7(2)4-3-5-8(9)6-12(10)11/h7H,3-6H2,1-2H3/p+1. The Balaban J connectivity index is 3.38. The second kappa shape index (κ2) is 6.27. The maximum absolute atomic E-state index is 10.9. The van der Waals surface area contributed by atoms with Crippen molar-refractivity contribution < 1.29 is 14.3 Å². The zero-order chi connectivity index (χ0) is 9.56. The van der Waals surface area contributed by atoms with Gasteiger partial charge in [-0.25, -0.2) is 0 Å². The number of Topliss-reactive ketones (excluding diaryl/α,β-unsaturated/α-hetero) is 1. The van der Waals surface area contributed by atoms with E-state index in [1.54, 1.807) is 0 Å². The number of rotatable bonds is 6. The van der Waals surface area contributed by atoms with Crippen molar-refractivity contribution in [2.24, 2.45) is 5.92 Å². The molecule has 12 heavy (non-hydrogen) atoms. The van der Waals surface area contributed by atoms with E-state index >= 15 is 0 Å². The van der Waals surface area contributed by atoms with E-state index in [4.69, 9.17) is 4.89 Å². The highest BCUT2D eigenvalue weighted by molar-refractivity contribution is 7.39. The Kier molecular flexibility index (Phi) is 6.13. The molecule has 0 aromatic heterocycles. The Hall–Kier alpha value is -0.270. The minimum absolute atomic E-state index is 0.0979. The third-order valence-corrected chi connectivity index (χ3v) is 2.17. The summed E-state index contributed by atoms with van der Waals surface area (Å²) in [4.78, 5) is 19.3. The van der Waals surface area contributed by atoms with Crippen LogP contribution in [0.1, 0.15) is 33.1 Å². The summed E-state index contributed by atoms with van der Waals surface area (Å²) >= 11 is 0. The molecule has 0 bridgehead atoms. The van der Waals surface area contributed by atoms with Crippen LogP contribution in [0.15, 0.2) is 0 Å². The van der Waals surface area contributed by atoms with Crippen molar-refractivity contribution in [2.75, 3.05) is 6.16 Å². The minimum Gasteiger partial charge on any atom is -0.295 e. The van der Waals surface area contributed by atoms with Crippen LogP contribution in [0, 0.1) is 5.92 Å². The van der Waals surface area contributed by atoms with Crippen LogP contribution < -0.4 is 0 Å². The Morgan fingerprint density at radius 2 is 2.08 bits per heavy atom. The largest absolute Gasteiger partial charge is 0.513 e. The summed E-state index contributed by atoms with van der Waals surface area (Å²) in [5.74, 6) is 0.500. The van der Waals surface area contributed by atoms with Gasteiger partial charge < -0.3 is 0 Å². The molecule has 1 N–H and O–H groups in total. The summed E-state index contributed by atoms with van der Waals surface area (Å²) in [5.41, 5.74) is 0. The van der Waals surface area contributed by atoms with Crippen LogP contribution in [0.2, 0.25) is 0 Å². The molecule has 0 aromatic carbocycles. The summed E-state index contributed by atoms with van der Waals surface area (Å²) in [6, 6.07) is 0. The first-order valence-corrected chi connectivity index (χ1v) is 5.57. The third-order valence-electron chi connectivity index (χ3n) is 1.55. The van der Waals surface area contributed by atoms with Gasteiger partial charge >= 0.3 is 8.03 Å². The average molecular weight is 191 g/mol. The van der Waals surface area contributed by atoms with E-state index in [0.29, 0.717) is 12.3 Å². The van der Waals surface area contributed by atoms with Crippen molar-refractivity contribution >= 4 is 13.8 Å². The number of carbonyl (C=O) groups excluding carboxylic acids is 1. The summed E-state index contributed by atoms with van der Waals surface area (Å²) in [6.07, 6.45) is 2.11. The topological polar surface area (TPSA) is 54.4 Å². The van der Waals surface area contributed by atoms with Crippen molar-refractivity contribution in [1.29, 1.82) is 0 Å². The highest BCUT2D eigenvalue weighted by Crippen LogP contribution is 2.14. The summed E-state index contributed by atoms with van der Waals surface area (Å²) in [7, 11) is -2.27. The van der Waals surface area contributed by atoms with E-state index in [1.807, 2.05) is 0 Å². The molecular formula is C8H16O3P+. The molecule has 0 heterocycles. The van der Waals surface area contributed by atoms with E-state index in [1.165, 1.54) is 0 Å². The maximum Gasteiger partial charge on any atom is 0.513 e. The fourth-order valence-electron chi connectivity index (χ4n) is 0.937.